The summed E-state index contributed by atoms with van der Waals surface area (Å²) in [6.45, 7) is 1.37. The lowest BCUT2D eigenvalue weighted by Gasteiger charge is -2.31. The molecule has 0 bridgehead atoms. The van der Waals surface area contributed by atoms with Gasteiger partial charge in [-0.2, -0.15) is 0 Å². The number of benzene rings is 1. The number of phenols is 1. The van der Waals surface area contributed by atoms with Gasteiger partial charge in [0.1, 0.15) is 17.1 Å². The summed E-state index contributed by atoms with van der Waals surface area (Å²) in [6.07, 6.45) is 0.657. The zero-order chi connectivity index (χ0) is 13.8. The van der Waals surface area contributed by atoms with E-state index in [4.69, 9.17) is 4.74 Å². The molecule has 0 aliphatic carbocycles. The van der Waals surface area contributed by atoms with Crippen LogP contribution in [0.2, 0.25) is 0 Å². The number of phenolic OH excluding ortho intramolecular Hbond substituents is 1. The second-order valence-electron chi connectivity index (χ2n) is 4.48. The van der Waals surface area contributed by atoms with Gasteiger partial charge < -0.3 is 20.5 Å². The van der Waals surface area contributed by atoms with E-state index in [0.717, 1.165) is 19.0 Å². The number of ether oxygens (including phenoxy) is 1. The quantitative estimate of drug-likeness (QED) is 0.781. The molecule has 2 rings (SSSR count). The van der Waals surface area contributed by atoms with Crippen LogP contribution in [0.1, 0.15) is 16.8 Å². The zero-order valence-electron chi connectivity index (χ0n) is 11.1. The third kappa shape index (κ3) is 3.59. The van der Waals surface area contributed by atoms with Crippen LogP contribution in [0.15, 0.2) is 18.2 Å². The van der Waals surface area contributed by atoms with Crippen molar-refractivity contribution in [2.24, 2.45) is 0 Å². The van der Waals surface area contributed by atoms with Crippen molar-refractivity contribution in [3.8, 4) is 5.75 Å². The van der Waals surface area contributed by atoms with Gasteiger partial charge in [-0.25, -0.2) is 4.39 Å². The topological polar surface area (TPSA) is 70.6 Å². The molecule has 1 aromatic carbocycles. The van der Waals surface area contributed by atoms with Crippen molar-refractivity contribution in [2.75, 3.05) is 20.2 Å². The minimum atomic E-state index is -0.741. The molecule has 1 amide bonds. The summed E-state index contributed by atoms with van der Waals surface area (Å²) in [7, 11) is 1.58. The number of hydrogen-bond donors (Lipinski definition) is 3. The van der Waals surface area contributed by atoms with Crippen molar-refractivity contribution in [1.29, 1.82) is 0 Å². The number of carbonyl (C=O) groups excluding carboxylic acids is 1. The Morgan fingerprint density at radius 1 is 1.55 bits per heavy atom. The highest BCUT2D eigenvalue weighted by Crippen LogP contribution is 2.20. The fourth-order valence-electron chi connectivity index (χ4n) is 2.24. The maximum atomic E-state index is 13.6. The highest BCUT2D eigenvalue weighted by molar-refractivity contribution is 5.97. The van der Waals surface area contributed by atoms with Crippen LogP contribution in [0.25, 0.3) is 0 Å². The first-order valence-electron chi connectivity index (χ1n) is 6.15. The Labute approximate surface area is 122 Å². The number of hydrogen-bond acceptors (Lipinski definition) is 4. The first-order valence-corrected chi connectivity index (χ1v) is 6.15. The van der Waals surface area contributed by atoms with E-state index in [0.29, 0.717) is 6.54 Å². The second kappa shape index (κ2) is 7.42. The van der Waals surface area contributed by atoms with Crippen molar-refractivity contribution >= 4 is 18.3 Å². The van der Waals surface area contributed by atoms with Gasteiger partial charge >= 0.3 is 0 Å². The van der Waals surface area contributed by atoms with Crippen LogP contribution in [0.5, 0.6) is 5.75 Å². The fraction of sp³-hybridized carbons (Fsp3) is 0.462. The Morgan fingerprint density at radius 3 is 2.95 bits per heavy atom. The van der Waals surface area contributed by atoms with Gasteiger partial charge in [0, 0.05) is 13.7 Å². The maximum Gasteiger partial charge on any atom is 0.258 e. The predicted molar refractivity (Wildman–Crippen MR) is 74.9 cm³/mol. The number of aromatic hydroxyl groups is 1. The fourth-order valence-corrected chi connectivity index (χ4v) is 2.24. The lowest BCUT2D eigenvalue weighted by atomic mass is 10.0. The summed E-state index contributed by atoms with van der Waals surface area (Å²) in [5.74, 6) is -1.74. The van der Waals surface area contributed by atoms with Crippen molar-refractivity contribution in [2.45, 2.75) is 18.6 Å². The molecule has 1 fully saturated rings. The number of carbonyl (C=O) groups is 1. The summed E-state index contributed by atoms with van der Waals surface area (Å²) in [6, 6.07) is 3.53. The van der Waals surface area contributed by atoms with Crippen LogP contribution in [-0.4, -0.2) is 43.4 Å². The molecule has 1 saturated heterocycles. The molecule has 0 unspecified atom stereocenters. The monoisotopic (exact) mass is 304 g/mol. The Bertz CT molecular complexity index is 453. The van der Waals surface area contributed by atoms with Crippen LogP contribution in [0.3, 0.4) is 0 Å². The predicted octanol–water partition coefficient (Wildman–Crippen LogP) is 1.06. The van der Waals surface area contributed by atoms with Crippen LogP contribution < -0.4 is 10.6 Å². The van der Waals surface area contributed by atoms with E-state index in [2.05, 4.69) is 10.6 Å². The number of halogens is 2. The van der Waals surface area contributed by atoms with Crippen LogP contribution in [-0.2, 0) is 4.74 Å². The lowest BCUT2D eigenvalue weighted by Crippen LogP contribution is -2.54. The number of nitrogens with one attached hydrogen (secondary N) is 2. The average molecular weight is 305 g/mol. The van der Waals surface area contributed by atoms with Gasteiger partial charge in [0.25, 0.3) is 5.91 Å². The second-order valence-corrected chi connectivity index (χ2v) is 4.48. The van der Waals surface area contributed by atoms with E-state index in [-0.39, 0.29) is 35.9 Å². The highest BCUT2D eigenvalue weighted by atomic mass is 35.5. The van der Waals surface area contributed by atoms with Gasteiger partial charge in [-0.1, -0.05) is 6.07 Å². The Balaban J connectivity index is 0.00000200. The van der Waals surface area contributed by atoms with Crippen LogP contribution >= 0.6 is 12.4 Å². The molecule has 1 aliphatic rings. The molecule has 7 heteroatoms. The van der Waals surface area contributed by atoms with E-state index in [1.807, 2.05) is 0 Å². The molecule has 1 aliphatic heterocycles. The number of methoxy groups -OCH3 is 1. The summed E-state index contributed by atoms with van der Waals surface area (Å²) in [5.41, 5.74) is -0.331. The molecule has 5 nitrogen and oxygen atoms in total. The van der Waals surface area contributed by atoms with Crippen LogP contribution in [0, 0.1) is 5.82 Å². The summed E-state index contributed by atoms with van der Waals surface area (Å²) in [4.78, 5) is 12.0. The summed E-state index contributed by atoms with van der Waals surface area (Å²) < 4.78 is 18.9. The number of rotatable bonds is 3. The molecule has 0 radical (unpaired) electrons. The SMILES string of the molecule is CO[C@@H]1CCNC[C@@H]1NC(=O)c1c(O)cccc1F.Cl. The number of piperidine rings is 1. The first kappa shape index (κ1) is 16.7. The Morgan fingerprint density at radius 2 is 2.30 bits per heavy atom. The highest BCUT2D eigenvalue weighted by Gasteiger charge is 2.28. The third-order valence-corrected chi connectivity index (χ3v) is 3.26. The molecule has 2 atom stereocenters. The molecular formula is C13H18ClFN2O3. The van der Waals surface area contributed by atoms with Gasteiger partial charge in [0.15, 0.2) is 0 Å². The summed E-state index contributed by atoms with van der Waals surface area (Å²) in [5, 5.41) is 15.4. The first-order chi connectivity index (χ1) is 9.13. The molecular weight excluding hydrogens is 287 g/mol. The minimum Gasteiger partial charge on any atom is -0.507 e. The smallest absolute Gasteiger partial charge is 0.258 e. The van der Waals surface area contributed by atoms with Gasteiger partial charge in [-0.05, 0) is 25.1 Å². The Kier molecular flexibility index (Phi) is 6.19. The van der Waals surface area contributed by atoms with Gasteiger partial charge in [-0.15, -0.1) is 12.4 Å². The third-order valence-electron chi connectivity index (χ3n) is 3.26. The largest absolute Gasteiger partial charge is 0.507 e. The van der Waals surface area contributed by atoms with Crippen molar-refractivity contribution in [3.63, 3.8) is 0 Å². The average Bonchev–Trinajstić information content (AvgIpc) is 2.39. The van der Waals surface area contributed by atoms with Crippen molar-refractivity contribution in [3.05, 3.63) is 29.6 Å². The molecule has 112 valence electrons. The normalized spacial score (nSPS) is 21.9. The Hall–Kier alpha value is -1.37. The van der Waals surface area contributed by atoms with Crippen molar-refractivity contribution < 1.29 is 19.0 Å². The van der Waals surface area contributed by atoms with Gasteiger partial charge in [-0.3, -0.25) is 4.79 Å². The van der Waals surface area contributed by atoms with Gasteiger partial charge in [0.05, 0.1) is 12.1 Å². The lowest BCUT2D eigenvalue weighted by molar-refractivity contribution is 0.0446. The molecule has 0 saturated carbocycles. The molecule has 0 aromatic heterocycles. The van der Waals surface area contributed by atoms with E-state index >= 15 is 0 Å². The minimum absolute atomic E-state index is 0. The standard InChI is InChI=1S/C13H17FN2O3.ClH/c1-19-11-5-6-15-7-9(11)16-13(18)12-8(14)3-2-4-10(12)17;/h2-4,9,11,15,17H,5-7H2,1H3,(H,16,18);1H/t9-,11+;/m0./s1. The zero-order valence-corrected chi connectivity index (χ0v) is 11.9. The van der Waals surface area contributed by atoms with E-state index in [9.17, 15) is 14.3 Å². The van der Waals surface area contributed by atoms with Crippen LogP contribution in [0.4, 0.5) is 4.39 Å². The molecule has 1 aromatic rings. The molecule has 1 heterocycles. The summed E-state index contributed by atoms with van der Waals surface area (Å²) >= 11 is 0. The van der Waals surface area contributed by atoms with E-state index in [1.54, 1.807) is 7.11 Å². The van der Waals surface area contributed by atoms with E-state index in [1.165, 1.54) is 12.1 Å². The van der Waals surface area contributed by atoms with E-state index < -0.39 is 11.7 Å². The number of amides is 1. The van der Waals surface area contributed by atoms with Gasteiger partial charge in [0.2, 0.25) is 0 Å². The molecule has 3 N–H and O–H groups in total. The van der Waals surface area contributed by atoms with Crippen molar-refractivity contribution in [1.82, 2.24) is 10.6 Å². The maximum absolute atomic E-state index is 13.6. The molecule has 20 heavy (non-hydrogen) atoms. The molecule has 0 spiro atoms.